The van der Waals surface area contributed by atoms with Gasteiger partial charge in [0.25, 0.3) is 0 Å². The summed E-state index contributed by atoms with van der Waals surface area (Å²) in [6, 6.07) is 1.98. The van der Waals surface area contributed by atoms with Gasteiger partial charge in [-0.2, -0.15) is 17.5 Å². The molecule has 0 unspecified atom stereocenters. The summed E-state index contributed by atoms with van der Waals surface area (Å²) in [7, 11) is -1.94. The number of nitrogens with zero attached hydrogens (tertiary/aromatic N) is 1. The van der Waals surface area contributed by atoms with Crippen molar-refractivity contribution in [2.24, 2.45) is 0 Å². The topological polar surface area (TPSA) is 66.5 Å². The van der Waals surface area contributed by atoms with Crippen LogP contribution >= 0.6 is 11.6 Å². The molecule has 1 amide bonds. The van der Waals surface area contributed by atoms with Crippen LogP contribution in [0.2, 0.25) is 5.02 Å². The van der Waals surface area contributed by atoms with Gasteiger partial charge in [0.15, 0.2) is 0 Å². The first-order chi connectivity index (χ1) is 9.50. The Morgan fingerprint density at radius 3 is 2.43 bits per heavy atom. The SMILES string of the molecule is CNC(=O)CN(C)S(=O)(=O)c1cc(C(F)(F)F)ccc1Cl. The molecule has 0 bridgehead atoms. The van der Waals surface area contributed by atoms with Gasteiger partial charge in [0, 0.05) is 14.1 Å². The lowest BCUT2D eigenvalue weighted by Crippen LogP contribution is -2.37. The lowest BCUT2D eigenvalue weighted by Gasteiger charge is -2.18. The van der Waals surface area contributed by atoms with Crippen LogP contribution in [0, 0.1) is 0 Å². The number of hydrogen-bond donors (Lipinski definition) is 1. The number of rotatable bonds is 4. The molecule has 0 fully saturated rings. The zero-order valence-electron chi connectivity index (χ0n) is 11.0. The number of likely N-dealkylation sites (N-methyl/N-ethyl adjacent to an activating group) is 2. The lowest BCUT2D eigenvalue weighted by molar-refractivity contribution is -0.137. The van der Waals surface area contributed by atoms with E-state index in [2.05, 4.69) is 5.32 Å². The van der Waals surface area contributed by atoms with Crippen molar-refractivity contribution in [1.29, 1.82) is 0 Å². The summed E-state index contributed by atoms with van der Waals surface area (Å²) < 4.78 is 62.9. The summed E-state index contributed by atoms with van der Waals surface area (Å²) in [5.74, 6) is -0.607. The molecule has 0 atom stereocenters. The molecule has 0 saturated carbocycles. The van der Waals surface area contributed by atoms with Gasteiger partial charge < -0.3 is 5.32 Å². The Balaban J connectivity index is 3.28. The van der Waals surface area contributed by atoms with E-state index in [1.807, 2.05) is 0 Å². The molecular formula is C11H12ClF3N2O3S. The molecule has 0 saturated heterocycles. The monoisotopic (exact) mass is 344 g/mol. The van der Waals surface area contributed by atoms with Crippen LogP contribution in [0.4, 0.5) is 13.2 Å². The van der Waals surface area contributed by atoms with E-state index in [1.165, 1.54) is 7.05 Å². The van der Waals surface area contributed by atoms with Crippen molar-refractivity contribution in [2.45, 2.75) is 11.1 Å². The smallest absolute Gasteiger partial charge is 0.358 e. The number of amides is 1. The summed E-state index contributed by atoms with van der Waals surface area (Å²) in [5, 5.41) is 1.86. The predicted octanol–water partition coefficient (Wildman–Crippen LogP) is 1.73. The van der Waals surface area contributed by atoms with Crippen molar-refractivity contribution in [3.05, 3.63) is 28.8 Å². The summed E-state index contributed by atoms with van der Waals surface area (Å²) in [5.41, 5.74) is -1.14. The molecule has 0 radical (unpaired) electrons. The maximum atomic E-state index is 12.6. The molecule has 0 aromatic heterocycles. The van der Waals surface area contributed by atoms with E-state index in [-0.39, 0.29) is 5.02 Å². The Morgan fingerprint density at radius 2 is 1.95 bits per heavy atom. The molecule has 0 aliphatic heterocycles. The van der Waals surface area contributed by atoms with Crippen LogP contribution in [-0.4, -0.2) is 39.3 Å². The van der Waals surface area contributed by atoms with E-state index in [4.69, 9.17) is 11.6 Å². The highest BCUT2D eigenvalue weighted by atomic mass is 35.5. The van der Waals surface area contributed by atoms with Crippen molar-refractivity contribution < 1.29 is 26.4 Å². The summed E-state index contributed by atoms with van der Waals surface area (Å²) in [6.07, 6.45) is -4.70. The van der Waals surface area contributed by atoms with E-state index in [0.717, 1.165) is 13.1 Å². The highest BCUT2D eigenvalue weighted by Gasteiger charge is 2.34. The predicted molar refractivity (Wildman–Crippen MR) is 70.3 cm³/mol. The van der Waals surface area contributed by atoms with Crippen molar-refractivity contribution in [3.63, 3.8) is 0 Å². The second-order valence-electron chi connectivity index (χ2n) is 4.08. The molecule has 118 valence electrons. The number of sulfonamides is 1. The Hall–Kier alpha value is -1.32. The van der Waals surface area contributed by atoms with Crippen LogP contribution in [0.15, 0.2) is 23.1 Å². The van der Waals surface area contributed by atoms with Gasteiger partial charge in [-0.15, -0.1) is 0 Å². The third kappa shape index (κ3) is 4.08. The van der Waals surface area contributed by atoms with Crippen LogP contribution in [0.25, 0.3) is 0 Å². The quantitative estimate of drug-likeness (QED) is 0.904. The fraction of sp³-hybridized carbons (Fsp3) is 0.364. The molecule has 21 heavy (non-hydrogen) atoms. The minimum Gasteiger partial charge on any atom is -0.358 e. The molecule has 1 N–H and O–H groups in total. The van der Waals surface area contributed by atoms with E-state index in [9.17, 15) is 26.4 Å². The highest BCUT2D eigenvalue weighted by molar-refractivity contribution is 7.89. The third-order valence-electron chi connectivity index (χ3n) is 2.59. The molecule has 5 nitrogen and oxygen atoms in total. The third-order valence-corrected chi connectivity index (χ3v) is 4.88. The maximum Gasteiger partial charge on any atom is 0.416 e. The van der Waals surface area contributed by atoms with E-state index in [1.54, 1.807) is 0 Å². The Kier molecular flexibility index (Phi) is 5.24. The van der Waals surface area contributed by atoms with Crippen LogP contribution < -0.4 is 5.32 Å². The molecule has 1 aromatic carbocycles. The summed E-state index contributed by atoms with van der Waals surface area (Å²) in [6.45, 7) is -0.536. The Labute approximate surface area is 124 Å². The number of carbonyl (C=O) groups excluding carboxylic acids is 1. The van der Waals surface area contributed by atoms with Gasteiger partial charge in [0.1, 0.15) is 4.90 Å². The largest absolute Gasteiger partial charge is 0.416 e. The number of nitrogens with one attached hydrogen (secondary N) is 1. The van der Waals surface area contributed by atoms with Crippen molar-refractivity contribution in [1.82, 2.24) is 9.62 Å². The first-order valence-corrected chi connectivity index (χ1v) is 7.35. The number of halogens is 4. The van der Waals surface area contributed by atoms with Gasteiger partial charge >= 0.3 is 6.18 Å². The van der Waals surface area contributed by atoms with Gasteiger partial charge in [-0.3, -0.25) is 4.79 Å². The molecule has 0 aliphatic rings. The fourth-order valence-corrected chi connectivity index (χ4v) is 3.03. The highest BCUT2D eigenvalue weighted by Crippen LogP contribution is 2.34. The zero-order chi connectivity index (χ0) is 16.4. The van der Waals surface area contributed by atoms with E-state index in [0.29, 0.717) is 16.4 Å². The normalized spacial score (nSPS) is 12.5. The van der Waals surface area contributed by atoms with Gasteiger partial charge in [0.2, 0.25) is 15.9 Å². The van der Waals surface area contributed by atoms with Crippen LogP contribution in [0.5, 0.6) is 0 Å². The van der Waals surface area contributed by atoms with Gasteiger partial charge in [-0.25, -0.2) is 8.42 Å². The van der Waals surface area contributed by atoms with Gasteiger partial charge in [-0.1, -0.05) is 11.6 Å². The van der Waals surface area contributed by atoms with Crippen LogP contribution in [0.1, 0.15) is 5.56 Å². The average Bonchev–Trinajstić information content (AvgIpc) is 2.37. The Bertz CT molecular complexity index is 647. The first-order valence-electron chi connectivity index (χ1n) is 5.54. The molecule has 0 heterocycles. The minimum absolute atomic E-state index is 0.355. The first kappa shape index (κ1) is 17.7. The molecule has 1 aromatic rings. The fourth-order valence-electron chi connectivity index (χ4n) is 1.41. The van der Waals surface area contributed by atoms with Gasteiger partial charge in [0.05, 0.1) is 17.1 Å². The van der Waals surface area contributed by atoms with Crippen LogP contribution in [-0.2, 0) is 21.0 Å². The van der Waals surface area contributed by atoms with Crippen LogP contribution in [0.3, 0.4) is 0 Å². The second kappa shape index (κ2) is 6.20. The summed E-state index contributed by atoms with van der Waals surface area (Å²) in [4.78, 5) is 10.5. The Morgan fingerprint density at radius 1 is 1.38 bits per heavy atom. The zero-order valence-corrected chi connectivity index (χ0v) is 12.6. The molecule has 0 aliphatic carbocycles. The molecule has 10 heteroatoms. The average molecular weight is 345 g/mol. The molecular weight excluding hydrogens is 333 g/mol. The van der Waals surface area contributed by atoms with Crippen molar-refractivity contribution in [2.75, 3.05) is 20.6 Å². The summed E-state index contributed by atoms with van der Waals surface area (Å²) >= 11 is 5.67. The maximum absolute atomic E-state index is 12.6. The molecule has 0 spiro atoms. The van der Waals surface area contributed by atoms with Crippen molar-refractivity contribution in [3.8, 4) is 0 Å². The van der Waals surface area contributed by atoms with E-state index >= 15 is 0 Å². The number of benzene rings is 1. The van der Waals surface area contributed by atoms with Gasteiger partial charge in [-0.05, 0) is 18.2 Å². The standard InChI is InChI=1S/C11H12ClF3N2O3S/c1-16-10(18)6-17(2)21(19,20)9-5-7(11(13,14)15)3-4-8(9)12/h3-5H,6H2,1-2H3,(H,16,18). The number of carbonyl (C=O) groups is 1. The van der Waals surface area contributed by atoms with Crippen molar-refractivity contribution >= 4 is 27.5 Å². The number of hydrogen-bond acceptors (Lipinski definition) is 3. The van der Waals surface area contributed by atoms with E-state index < -0.39 is 39.1 Å². The minimum atomic E-state index is -4.70. The molecule has 1 rings (SSSR count). The number of alkyl halides is 3. The lowest BCUT2D eigenvalue weighted by atomic mass is 10.2. The second-order valence-corrected chi connectivity index (χ2v) is 6.50.